The zero-order valence-corrected chi connectivity index (χ0v) is 10.5. The molecule has 0 amide bonds. The topological polar surface area (TPSA) is 69.4 Å². The van der Waals surface area contributed by atoms with Crippen LogP contribution in [0.25, 0.3) is 0 Å². The molecule has 5 nitrogen and oxygen atoms in total. The molecule has 0 saturated carbocycles. The second kappa shape index (κ2) is 5.72. The zero-order valence-electron chi connectivity index (χ0n) is 8.91. The van der Waals surface area contributed by atoms with Gasteiger partial charge in [0.1, 0.15) is 5.82 Å². The SMILES string of the molecule is COC(=O)c1cc(F)cc([N+](=O)[O-])c1CCBr. The van der Waals surface area contributed by atoms with Gasteiger partial charge in [-0.3, -0.25) is 10.1 Å². The maximum Gasteiger partial charge on any atom is 0.338 e. The lowest BCUT2D eigenvalue weighted by Crippen LogP contribution is -2.10. The number of methoxy groups -OCH3 is 1. The van der Waals surface area contributed by atoms with Crippen LogP contribution in [0.2, 0.25) is 0 Å². The molecule has 0 unspecified atom stereocenters. The van der Waals surface area contributed by atoms with Crippen LogP contribution in [0, 0.1) is 15.9 Å². The highest BCUT2D eigenvalue weighted by Crippen LogP contribution is 2.26. The maximum absolute atomic E-state index is 13.2. The number of halogens is 2. The number of nitro benzene ring substituents is 1. The van der Waals surface area contributed by atoms with Crippen molar-refractivity contribution in [2.75, 3.05) is 12.4 Å². The van der Waals surface area contributed by atoms with E-state index in [0.717, 1.165) is 19.2 Å². The molecule has 0 saturated heterocycles. The lowest BCUT2D eigenvalue weighted by atomic mass is 10.0. The number of rotatable bonds is 4. The summed E-state index contributed by atoms with van der Waals surface area (Å²) in [6.45, 7) is 0. The van der Waals surface area contributed by atoms with Gasteiger partial charge < -0.3 is 4.74 Å². The second-order valence-corrected chi connectivity index (χ2v) is 3.93. The van der Waals surface area contributed by atoms with Gasteiger partial charge in [0.2, 0.25) is 0 Å². The van der Waals surface area contributed by atoms with Gasteiger partial charge in [-0.05, 0) is 12.5 Å². The summed E-state index contributed by atoms with van der Waals surface area (Å²) in [5.41, 5.74) is -0.358. The summed E-state index contributed by atoms with van der Waals surface area (Å²) in [5.74, 6) is -1.63. The first kappa shape index (κ1) is 13.6. The lowest BCUT2D eigenvalue weighted by Gasteiger charge is -2.07. The van der Waals surface area contributed by atoms with Crippen LogP contribution in [0.3, 0.4) is 0 Å². The van der Waals surface area contributed by atoms with E-state index >= 15 is 0 Å². The average Bonchev–Trinajstić information content (AvgIpc) is 2.29. The molecule has 0 N–H and O–H groups in total. The molecule has 0 spiro atoms. The van der Waals surface area contributed by atoms with E-state index in [-0.39, 0.29) is 17.5 Å². The van der Waals surface area contributed by atoms with Crippen LogP contribution in [0.1, 0.15) is 15.9 Å². The molecule has 1 aromatic rings. The smallest absolute Gasteiger partial charge is 0.338 e. The van der Waals surface area contributed by atoms with E-state index in [0.29, 0.717) is 5.33 Å². The summed E-state index contributed by atoms with van der Waals surface area (Å²) in [6, 6.07) is 1.74. The predicted molar refractivity (Wildman–Crippen MR) is 61.9 cm³/mol. The van der Waals surface area contributed by atoms with Crippen LogP contribution in [0.5, 0.6) is 0 Å². The Labute approximate surface area is 105 Å². The van der Waals surface area contributed by atoms with Crippen LogP contribution < -0.4 is 0 Å². The Bertz CT molecular complexity index is 464. The van der Waals surface area contributed by atoms with E-state index in [2.05, 4.69) is 20.7 Å². The molecule has 0 heterocycles. The average molecular weight is 306 g/mol. The summed E-state index contributed by atoms with van der Waals surface area (Å²) in [7, 11) is 1.14. The molecule has 0 bridgehead atoms. The molecule has 92 valence electrons. The van der Waals surface area contributed by atoms with Crippen molar-refractivity contribution in [2.45, 2.75) is 6.42 Å². The number of ether oxygens (including phenoxy) is 1. The van der Waals surface area contributed by atoms with E-state index < -0.39 is 22.4 Å². The highest BCUT2D eigenvalue weighted by molar-refractivity contribution is 9.09. The molecule has 0 radical (unpaired) electrons. The minimum atomic E-state index is -0.838. The number of nitrogens with zero attached hydrogens (tertiary/aromatic N) is 1. The summed E-state index contributed by atoms with van der Waals surface area (Å²) < 4.78 is 17.7. The Morgan fingerprint density at radius 1 is 1.59 bits per heavy atom. The van der Waals surface area contributed by atoms with Crippen molar-refractivity contribution in [3.8, 4) is 0 Å². The maximum atomic E-state index is 13.2. The Kier molecular flexibility index (Phi) is 4.56. The molecule has 1 rings (SSSR count). The highest BCUT2D eigenvalue weighted by atomic mass is 79.9. The molecule has 0 aliphatic carbocycles. The van der Waals surface area contributed by atoms with Gasteiger partial charge >= 0.3 is 5.97 Å². The molecule has 0 aromatic heterocycles. The third-order valence-corrected chi connectivity index (χ3v) is 2.53. The summed E-state index contributed by atoms with van der Waals surface area (Å²) in [5, 5.41) is 11.2. The quantitative estimate of drug-likeness (QED) is 0.371. The fraction of sp³-hybridized carbons (Fsp3) is 0.300. The van der Waals surface area contributed by atoms with Gasteiger partial charge in [-0.2, -0.15) is 0 Å². The van der Waals surface area contributed by atoms with Gasteiger partial charge in [0, 0.05) is 10.9 Å². The van der Waals surface area contributed by atoms with Gasteiger partial charge in [0.15, 0.2) is 0 Å². The number of esters is 1. The van der Waals surface area contributed by atoms with E-state index in [4.69, 9.17) is 0 Å². The van der Waals surface area contributed by atoms with Crippen molar-refractivity contribution in [3.63, 3.8) is 0 Å². The van der Waals surface area contributed by atoms with Crippen LogP contribution >= 0.6 is 15.9 Å². The molecular formula is C10H9BrFNO4. The fourth-order valence-electron chi connectivity index (χ4n) is 1.43. The second-order valence-electron chi connectivity index (χ2n) is 3.14. The van der Waals surface area contributed by atoms with Crippen molar-refractivity contribution in [1.82, 2.24) is 0 Å². The molecular weight excluding hydrogens is 297 g/mol. The molecule has 17 heavy (non-hydrogen) atoms. The molecule has 0 atom stereocenters. The van der Waals surface area contributed by atoms with E-state index in [9.17, 15) is 19.3 Å². The molecule has 1 aromatic carbocycles. The van der Waals surface area contributed by atoms with E-state index in [1.165, 1.54) is 0 Å². The number of hydrogen-bond donors (Lipinski definition) is 0. The normalized spacial score (nSPS) is 10.1. The first-order valence-corrected chi connectivity index (χ1v) is 5.74. The Hall–Kier alpha value is -1.50. The zero-order chi connectivity index (χ0) is 13.0. The van der Waals surface area contributed by atoms with Crippen LogP contribution in [-0.4, -0.2) is 23.3 Å². The Morgan fingerprint density at radius 2 is 2.24 bits per heavy atom. The van der Waals surface area contributed by atoms with Crippen molar-refractivity contribution in [1.29, 1.82) is 0 Å². The molecule has 0 aliphatic rings. The minimum Gasteiger partial charge on any atom is -0.465 e. The summed E-state index contributed by atoms with van der Waals surface area (Å²) in [4.78, 5) is 21.5. The molecule has 0 fully saturated rings. The first-order chi connectivity index (χ1) is 8.01. The number of hydrogen-bond acceptors (Lipinski definition) is 4. The van der Waals surface area contributed by atoms with Crippen molar-refractivity contribution < 1.29 is 18.8 Å². The van der Waals surface area contributed by atoms with Gasteiger partial charge in [0.05, 0.1) is 23.7 Å². The molecule has 7 heteroatoms. The van der Waals surface area contributed by atoms with Gasteiger partial charge in [-0.25, -0.2) is 9.18 Å². The van der Waals surface area contributed by atoms with Crippen molar-refractivity contribution in [3.05, 3.63) is 39.2 Å². The van der Waals surface area contributed by atoms with Crippen molar-refractivity contribution in [2.24, 2.45) is 0 Å². The number of carbonyl (C=O) groups is 1. The lowest BCUT2D eigenvalue weighted by molar-refractivity contribution is -0.385. The van der Waals surface area contributed by atoms with E-state index in [1.807, 2.05) is 0 Å². The van der Waals surface area contributed by atoms with Crippen LogP contribution in [-0.2, 0) is 11.2 Å². The fourth-order valence-corrected chi connectivity index (χ4v) is 1.83. The van der Waals surface area contributed by atoms with Crippen LogP contribution in [0.4, 0.5) is 10.1 Å². The third-order valence-electron chi connectivity index (χ3n) is 2.14. The van der Waals surface area contributed by atoms with E-state index in [1.54, 1.807) is 0 Å². The number of benzene rings is 1. The predicted octanol–water partition coefficient (Wildman–Crippen LogP) is 2.46. The first-order valence-electron chi connectivity index (χ1n) is 4.62. The van der Waals surface area contributed by atoms with Gasteiger partial charge in [0.25, 0.3) is 5.69 Å². The monoisotopic (exact) mass is 305 g/mol. The number of nitro groups is 1. The molecule has 0 aliphatic heterocycles. The largest absolute Gasteiger partial charge is 0.465 e. The van der Waals surface area contributed by atoms with Crippen LogP contribution in [0.15, 0.2) is 12.1 Å². The standard InChI is InChI=1S/C10H9BrFNO4/c1-17-10(14)8-4-6(12)5-9(13(15)16)7(8)2-3-11/h4-5H,2-3H2,1H3. The summed E-state index contributed by atoms with van der Waals surface area (Å²) in [6.07, 6.45) is 0.237. The van der Waals surface area contributed by atoms with Gasteiger partial charge in [-0.15, -0.1) is 0 Å². The minimum absolute atomic E-state index is 0.112. The highest BCUT2D eigenvalue weighted by Gasteiger charge is 2.23. The summed E-state index contributed by atoms with van der Waals surface area (Å²) >= 11 is 3.12. The number of carbonyl (C=O) groups excluding carboxylic acids is 1. The Morgan fingerprint density at radius 3 is 2.71 bits per heavy atom. The Balaban J connectivity index is 3.45. The number of alkyl halides is 1. The van der Waals surface area contributed by atoms with Gasteiger partial charge in [-0.1, -0.05) is 15.9 Å². The third kappa shape index (κ3) is 3.00. The van der Waals surface area contributed by atoms with Crippen molar-refractivity contribution >= 4 is 27.6 Å².